The Morgan fingerprint density at radius 1 is 1.00 bits per heavy atom. The molecule has 0 aliphatic carbocycles. The normalized spacial score (nSPS) is 12.0. The maximum Gasteiger partial charge on any atom is 0.124 e. The highest BCUT2D eigenvalue weighted by atomic mass is 79.9. The van der Waals surface area contributed by atoms with Crippen LogP contribution in [-0.4, -0.2) is 13.2 Å². The summed E-state index contributed by atoms with van der Waals surface area (Å²) in [6.07, 6.45) is 0. The summed E-state index contributed by atoms with van der Waals surface area (Å²) < 4.78 is 12.1. The van der Waals surface area contributed by atoms with Gasteiger partial charge in [-0.1, -0.05) is 28.1 Å². The Morgan fingerprint density at radius 3 is 2.29 bits per heavy atom. The molecule has 0 N–H and O–H groups in total. The van der Waals surface area contributed by atoms with Gasteiger partial charge in [0.1, 0.15) is 11.5 Å². The Morgan fingerprint density at radius 2 is 1.67 bits per heavy atom. The Labute approximate surface area is 139 Å². The summed E-state index contributed by atoms with van der Waals surface area (Å²) >= 11 is 10.1. The van der Waals surface area contributed by atoms with Crippen LogP contribution in [0.3, 0.4) is 0 Å². The third-order valence-electron chi connectivity index (χ3n) is 3.03. The molecule has 0 aromatic heterocycles. The van der Waals surface area contributed by atoms with E-state index in [1.165, 1.54) is 0 Å². The Balaban J connectivity index is 2.30. The molecule has 0 saturated carbocycles. The van der Waals surface area contributed by atoms with E-state index in [0.29, 0.717) is 13.2 Å². The van der Waals surface area contributed by atoms with Crippen molar-refractivity contribution in [3.05, 3.63) is 58.1 Å². The highest BCUT2D eigenvalue weighted by molar-refractivity contribution is 9.10. The SMILES string of the molecule is CCOc1ccc(C(Cl)c2cc(Br)ccc2OCC)cc1. The predicted octanol–water partition coefficient (Wildman–Crippen LogP) is 5.57. The largest absolute Gasteiger partial charge is 0.494 e. The molecular formula is C17H18BrClO2. The zero-order chi connectivity index (χ0) is 15.2. The molecule has 1 atom stereocenters. The minimum atomic E-state index is -0.264. The van der Waals surface area contributed by atoms with E-state index in [-0.39, 0.29) is 5.38 Å². The second kappa shape index (κ2) is 7.71. The standard InChI is InChI=1S/C17H18BrClO2/c1-3-20-14-8-5-12(6-9-14)17(19)15-11-13(18)7-10-16(15)21-4-2/h5-11,17H,3-4H2,1-2H3. The number of hydrogen-bond donors (Lipinski definition) is 0. The summed E-state index contributed by atoms with van der Waals surface area (Å²) in [5.41, 5.74) is 1.97. The molecule has 0 fully saturated rings. The topological polar surface area (TPSA) is 18.5 Å². The van der Waals surface area contributed by atoms with Crippen molar-refractivity contribution in [2.24, 2.45) is 0 Å². The van der Waals surface area contributed by atoms with Crippen molar-refractivity contribution in [3.63, 3.8) is 0 Å². The maximum atomic E-state index is 6.63. The highest BCUT2D eigenvalue weighted by Gasteiger charge is 2.16. The van der Waals surface area contributed by atoms with Gasteiger partial charge in [0.25, 0.3) is 0 Å². The lowest BCUT2D eigenvalue weighted by Crippen LogP contribution is -2.00. The van der Waals surface area contributed by atoms with Gasteiger partial charge in [0.15, 0.2) is 0 Å². The third-order valence-corrected chi connectivity index (χ3v) is 4.01. The third kappa shape index (κ3) is 4.14. The van der Waals surface area contributed by atoms with Crippen LogP contribution in [0.5, 0.6) is 11.5 Å². The van der Waals surface area contributed by atoms with Gasteiger partial charge in [0.05, 0.1) is 18.6 Å². The quantitative estimate of drug-likeness (QED) is 0.619. The summed E-state index contributed by atoms with van der Waals surface area (Å²) in [5, 5.41) is -0.264. The summed E-state index contributed by atoms with van der Waals surface area (Å²) in [6, 6.07) is 13.7. The molecule has 0 bridgehead atoms. The lowest BCUT2D eigenvalue weighted by atomic mass is 10.0. The Hall–Kier alpha value is -1.19. The molecule has 4 heteroatoms. The first-order valence-electron chi connectivity index (χ1n) is 6.94. The van der Waals surface area contributed by atoms with Gasteiger partial charge in [-0.25, -0.2) is 0 Å². The molecule has 2 nitrogen and oxygen atoms in total. The summed E-state index contributed by atoms with van der Waals surface area (Å²) in [5.74, 6) is 1.67. The Bertz CT molecular complexity index is 584. The van der Waals surface area contributed by atoms with Crippen LogP contribution in [0.15, 0.2) is 46.9 Å². The van der Waals surface area contributed by atoms with Crippen molar-refractivity contribution in [1.82, 2.24) is 0 Å². The number of halogens is 2. The first-order chi connectivity index (χ1) is 10.2. The average Bonchev–Trinajstić information content (AvgIpc) is 2.50. The van der Waals surface area contributed by atoms with E-state index in [0.717, 1.165) is 27.1 Å². The van der Waals surface area contributed by atoms with E-state index >= 15 is 0 Å². The molecule has 0 aliphatic rings. The van der Waals surface area contributed by atoms with Crippen LogP contribution in [0.25, 0.3) is 0 Å². The van der Waals surface area contributed by atoms with Crippen LogP contribution >= 0.6 is 27.5 Å². The lowest BCUT2D eigenvalue weighted by Gasteiger charge is -2.16. The number of alkyl halides is 1. The van der Waals surface area contributed by atoms with Gasteiger partial charge < -0.3 is 9.47 Å². The molecule has 0 heterocycles. The van der Waals surface area contributed by atoms with E-state index in [1.807, 2.05) is 56.3 Å². The molecule has 21 heavy (non-hydrogen) atoms. The Kier molecular flexibility index (Phi) is 5.95. The molecule has 0 spiro atoms. The van der Waals surface area contributed by atoms with Gasteiger partial charge in [-0.2, -0.15) is 0 Å². The van der Waals surface area contributed by atoms with E-state index in [9.17, 15) is 0 Å². The van der Waals surface area contributed by atoms with Crippen molar-refractivity contribution < 1.29 is 9.47 Å². The van der Waals surface area contributed by atoms with Gasteiger partial charge in [-0.05, 0) is 49.7 Å². The summed E-state index contributed by atoms with van der Waals surface area (Å²) in [7, 11) is 0. The van der Waals surface area contributed by atoms with Gasteiger partial charge in [0.2, 0.25) is 0 Å². The van der Waals surface area contributed by atoms with Crippen molar-refractivity contribution in [2.45, 2.75) is 19.2 Å². The van der Waals surface area contributed by atoms with Crippen molar-refractivity contribution in [2.75, 3.05) is 13.2 Å². The molecule has 2 aromatic rings. The number of hydrogen-bond acceptors (Lipinski definition) is 2. The fourth-order valence-electron chi connectivity index (χ4n) is 2.08. The van der Waals surface area contributed by atoms with Crippen LogP contribution in [0.4, 0.5) is 0 Å². The van der Waals surface area contributed by atoms with Crippen LogP contribution in [0.1, 0.15) is 30.4 Å². The van der Waals surface area contributed by atoms with E-state index in [4.69, 9.17) is 21.1 Å². The maximum absolute atomic E-state index is 6.63. The first kappa shape index (κ1) is 16.2. The molecule has 112 valence electrons. The van der Waals surface area contributed by atoms with E-state index < -0.39 is 0 Å². The minimum absolute atomic E-state index is 0.264. The summed E-state index contributed by atoms with van der Waals surface area (Å²) in [6.45, 7) is 5.20. The molecule has 0 aliphatic heterocycles. The van der Waals surface area contributed by atoms with Gasteiger partial charge in [-0.15, -0.1) is 11.6 Å². The molecule has 1 unspecified atom stereocenters. The van der Waals surface area contributed by atoms with Crippen LogP contribution in [0.2, 0.25) is 0 Å². The zero-order valence-electron chi connectivity index (χ0n) is 12.1. The fraction of sp³-hybridized carbons (Fsp3) is 0.294. The number of rotatable bonds is 6. The smallest absolute Gasteiger partial charge is 0.124 e. The fourth-order valence-corrected chi connectivity index (χ4v) is 2.78. The van der Waals surface area contributed by atoms with E-state index in [1.54, 1.807) is 0 Å². The lowest BCUT2D eigenvalue weighted by molar-refractivity contribution is 0.336. The molecular weight excluding hydrogens is 352 g/mol. The monoisotopic (exact) mass is 368 g/mol. The minimum Gasteiger partial charge on any atom is -0.494 e. The molecule has 2 rings (SSSR count). The second-order valence-corrected chi connectivity index (χ2v) is 5.83. The van der Waals surface area contributed by atoms with Gasteiger partial charge in [0, 0.05) is 10.0 Å². The van der Waals surface area contributed by atoms with E-state index in [2.05, 4.69) is 15.9 Å². The first-order valence-corrected chi connectivity index (χ1v) is 8.17. The van der Waals surface area contributed by atoms with Crippen molar-refractivity contribution >= 4 is 27.5 Å². The second-order valence-electron chi connectivity index (χ2n) is 4.48. The summed E-state index contributed by atoms with van der Waals surface area (Å²) in [4.78, 5) is 0. The van der Waals surface area contributed by atoms with Crippen LogP contribution in [0, 0.1) is 0 Å². The predicted molar refractivity (Wildman–Crippen MR) is 90.6 cm³/mol. The van der Waals surface area contributed by atoms with Crippen molar-refractivity contribution in [1.29, 1.82) is 0 Å². The van der Waals surface area contributed by atoms with Gasteiger partial charge >= 0.3 is 0 Å². The van der Waals surface area contributed by atoms with Crippen molar-refractivity contribution in [3.8, 4) is 11.5 Å². The van der Waals surface area contributed by atoms with Gasteiger partial charge in [-0.3, -0.25) is 0 Å². The zero-order valence-corrected chi connectivity index (χ0v) is 14.4. The molecule has 0 amide bonds. The molecule has 2 aromatic carbocycles. The molecule has 0 saturated heterocycles. The average molecular weight is 370 g/mol. The van der Waals surface area contributed by atoms with Crippen LogP contribution in [-0.2, 0) is 0 Å². The number of benzene rings is 2. The highest BCUT2D eigenvalue weighted by Crippen LogP contribution is 2.37. The number of ether oxygens (including phenoxy) is 2. The molecule has 0 radical (unpaired) electrons. The van der Waals surface area contributed by atoms with Crippen LogP contribution < -0.4 is 9.47 Å².